The first kappa shape index (κ1) is 10.5. The number of hydrogen-bond donors (Lipinski definition) is 1. The lowest BCUT2D eigenvalue weighted by atomic mass is 9.90. The standard InChI is InChI=1S/C13H19NO/c1-3-10-6-12(5-4-9(10)2)15-13-7-11(14)8-13/h4-6,11,13H,3,7-8,14H2,1-2H3. The SMILES string of the molecule is CCc1cc(OC2CC(N)C2)ccc1C. The third kappa shape index (κ3) is 2.32. The van der Waals surface area contributed by atoms with E-state index in [1.807, 2.05) is 0 Å². The maximum absolute atomic E-state index is 5.84. The molecule has 2 heteroatoms. The second kappa shape index (κ2) is 4.23. The molecule has 0 aliphatic heterocycles. The van der Waals surface area contributed by atoms with E-state index in [0.29, 0.717) is 12.1 Å². The van der Waals surface area contributed by atoms with Crippen LogP contribution in [0.5, 0.6) is 5.75 Å². The number of hydrogen-bond acceptors (Lipinski definition) is 2. The van der Waals surface area contributed by atoms with Gasteiger partial charge in [0.2, 0.25) is 0 Å². The quantitative estimate of drug-likeness (QED) is 0.822. The lowest BCUT2D eigenvalue weighted by Gasteiger charge is -2.32. The van der Waals surface area contributed by atoms with Crippen LogP contribution in [-0.4, -0.2) is 12.1 Å². The van der Waals surface area contributed by atoms with Crippen LogP contribution >= 0.6 is 0 Å². The number of nitrogens with two attached hydrogens (primary N) is 1. The van der Waals surface area contributed by atoms with Crippen LogP contribution in [0.15, 0.2) is 18.2 Å². The fraction of sp³-hybridized carbons (Fsp3) is 0.538. The molecule has 0 heterocycles. The summed E-state index contributed by atoms with van der Waals surface area (Å²) < 4.78 is 5.84. The Kier molecular flexibility index (Phi) is 2.96. The van der Waals surface area contributed by atoms with Gasteiger partial charge in [0, 0.05) is 6.04 Å². The Morgan fingerprint density at radius 2 is 2.13 bits per heavy atom. The maximum atomic E-state index is 5.84. The van der Waals surface area contributed by atoms with Gasteiger partial charge < -0.3 is 10.5 Å². The first-order valence-corrected chi connectivity index (χ1v) is 5.70. The Morgan fingerprint density at radius 3 is 2.73 bits per heavy atom. The van der Waals surface area contributed by atoms with E-state index >= 15 is 0 Å². The highest BCUT2D eigenvalue weighted by atomic mass is 16.5. The van der Waals surface area contributed by atoms with Gasteiger partial charge in [-0.15, -0.1) is 0 Å². The predicted molar refractivity (Wildman–Crippen MR) is 62.2 cm³/mol. The summed E-state index contributed by atoms with van der Waals surface area (Å²) in [6.45, 7) is 4.31. The lowest BCUT2D eigenvalue weighted by Crippen LogP contribution is -2.43. The number of benzene rings is 1. The number of ether oxygens (including phenoxy) is 1. The van der Waals surface area contributed by atoms with Crippen molar-refractivity contribution >= 4 is 0 Å². The van der Waals surface area contributed by atoms with Gasteiger partial charge in [0.05, 0.1) is 0 Å². The zero-order valence-corrected chi connectivity index (χ0v) is 9.49. The van der Waals surface area contributed by atoms with Gasteiger partial charge in [-0.2, -0.15) is 0 Å². The fourth-order valence-corrected chi connectivity index (χ4v) is 2.00. The third-order valence-corrected chi connectivity index (χ3v) is 3.14. The number of aryl methyl sites for hydroxylation is 2. The second-order valence-corrected chi connectivity index (χ2v) is 4.41. The normalized spacial score (nSPS) is 24.7. The van der Waals surface area contributed by atoms with Gasteiger partial charge in [-0.25, -0.2) is 0 Å². The van der Waals surface area contributed by atoms with Gasteiger partial charge in [-0.05, 0) is 49.4 Å². The predicted octanol–water partition coefficient (Wildman–Crippen LogP) is 2.43. The molecule has 0 amide bonds. The van der Waals surface area contributed by atoms with Crippen LogP contribution in [0, 0.1) is 6.92 Å². The van der Waals surface area contributed by atoms with Crippen molar-refractivity contribution in [2.45, 2.75) is 45.3 Å². The molecular formula is C13H19NO. The Hall–Kier alpha value is -1.02. The van der Waals surface area contributed by atoms with E-state index in [0.717, 1.165) is 25.0 Å². The molecule has 0 spiro atoms. The average Bonchev–Trinajstić information content (AvgIpc) is 2.18. The minimum Gasteiger partial charge on any atom is -0.490 e. The summed E-state index contributed by atoms with van der Waals surface area (Å²) in [5.74, 6) is 0.995. The van der Waals surface area contributed by atoms with Crippen LogP contribution in [0.3, 0.4) is 0 Å². The molecule has 0 atom stereocenters. The molecule has 1 fully saturated rings. The zero-order valence-electron chi connectivity index (χ0n) is 9.49. The van der Waals surface area contributed by atoms with Gasteiger partial charge in [0.1, 0.15) is 11.9 Å². The minimum atomic E-state index is 0.340. The van der Waals surface area contributed by atoms with Crippen molar-refractivity contribution in [3.05, 3.63) is 29.3 Å². The van der Waals surface area contributed by atoms with E-state index in [4.69, 9.17) is 10.5 Å². The van der Waals surface area contributed by atoms with Crippen molar-refractivity contribution in [2.75, 3.05) is 0 Å². The van der Waals surface area contributed by atoms with Gasteiger partial charge >= 0.3 is 0 Å². The van der Waals surface area contributed by atoms with Gasteiger partial charge in [0.25, 0.3) is 0 Å². The van der Waals surface area contributed by atoms with Crippen molar-refractivity contribution in [1.82, 2.24) is 0 Å². The molecule has 1 aromatic rings. The van der Waals surface area contributed by atoms with Gasteiger partial charge in [-0.3, -0.25) is 0 Å². The molecule has 1 aromatic carbocycles. The third-order valence-electron chi connectivity index (χ3n) is 3.14. The molecule has 15 heavy (non-hydrogen) atoms. The second-order valence-electron chi connectivity index (χ2n) is 4.41. The molecule has 0 bridgehead atoms. The summed E-state index contributed by atoms with van der Waals surface area (Å²) in [7, 11) is 0. The average molecular weight is 205 g/mol. The summed E-state index contributed by atoms with van der Waals surface area (Å²) in [6.07, 6.45) is 3.39. The van der Waals surface area contributed by atoms with E-state index in [1.165, 1.54) is 11.1 Å². The van der Waals surface area contributed by atoms with Crippen molar-refractivity contribution in [3.63, 3.8) is 0 Å². The van der Waals surface area contributed by atoms with Gasteiger partial charge in [-0.1, -0.05) is 13.0 Å². The highest BCUT2D eigenvalue weighted by Gasteiger charge is 2.27. The Morgan fingerprint density at radius 1 is 1.40 bits per heavy atom. The van der Waals surface area contributed by atoms with E-state index < -0.39 is 0 Å². The first-order valence-electron chi connectivity index (χ1n) is 5.70. The maximum Gasteiger partial charge on any atom is 0.120 e. The molecule has 1 aliphatic rings. The van der Waals surface area contributed by atoms with Crippen molar-refractivity contribution < 1.29 is 4.74 Å². The monoisotopic (exact) mass is 205 g/mol. The van der Waals surface area contributed by atoms with Crippen molar-refractivity contribution in [3.8, 4) is 5.75 Å². The molecule has 2 N–H and O–H groups in total. The fourth-order valence-electron chi connectivity index (χ4n) is 2.00. The van der Waals surface area contributed by atoms with Gasteiger partial charge in [0.15, 0.2) is 0 Å². The molecular weight excluding hydrogens is 186 g/mol. The summed E-state index contributed by atoms with van der Waals surface area (Å²) in [5.41, 5.74) is 8.44. The molecule has 82 valence electrons. The van der Waals surface area contributed by atoms with Crippen molar-refractivity contribution in [2.24, 2.45) is 5.73 Å². The molecule has 1 aliphatic carbocycles. The highest BCUT2D eigenvalue weighted by Crippen LogP contribution is 2.26. The molecule has 2 rings (SSSR count). The Balaban J connectivity index is 2.02. The summed E-state index contributed by atoms with van der Waals surface area (Å²) in [6, 6.07) is 6.69. The molecule has 2 nitrogen and oxygen atoms in total. The number of rotatable bonds is 3. The Labute approximate surface area is 91.4 Å². The lowest BCUT2D eigenvalue weighted by molar-refractivity contribution is 0.101. The van der Waals surface area contributed by atoms with Crippen LogP contribution < -0.4 is 10.5 Å². The molecule has 1 saturated carbocycles. The van der Waals surface area contributed by atoms with Crippen LogP contribution in [0.2, 0.25) is 0 Å². The minimum absolute atomic E-state index is 0.340. The van der Waals surface area contributed by atoms with Crippen LogP contribution in [0.4, 0.5) is 0 Å². The van der Waals surface area contributed by atoms with Crippen LogP contribution in [0.25, 0.3) is 0 Å². The molecule has 0 aromatic heterocycles. The Bertz CT molecular complexity index is 342. The largest absolute Gasteiger partial charge is 0.490 e. The van der Waals surface area contributed by atoms with E-state index in [9.17, 15) is 0 Å². The summed E-state index contributed by atoms with van der Waals surface area (Å²) in [5, 5.41) is 0. The van der Waals surface area contributed by atoms with Crippen LogP contribution in [-0.2, 0) is 6.42 Å². The topological polar surface area (TPSA) is 35.2 Å². The van der Waals surface area contributed by atoms with E-state index in [2.05, 4.69) is 32.0 Å². The summed E-state index contributed by atoms with van der Waals surface area (Å²) >= 11 is 0. The smallest absolute Gasteiger partial charge is 0.120 e. The summed E-state index contributed by atoms with van der Waals surface area (Å²) in [4.78, 5) is 0. The zero-order chi connectivity index (χ0) is 10.8. The van der Waals surface area contributed by atoms with E-state index in [-0.39, 0.29) is 0 Å². The molecule has 0 saturated heterocycles. The van der Waals surface area contributed by atoms with Crippen LogP contribution in [0.1, 0.15) is 30.9 Å². The van der Waals surface area contributed by atoms with Crippen molar-refractivity contribution in [1.29, 1.82) is 0 Å². The molecule has 0 unspecified atom stereocenters. The highest BCUT2D eigenvalue weighted by molar-refractivity contribution is 5.35. The van der Waals surface area contributed by atoms with E-state index in [1.54, 1.807) is 0 Å². The molecule has 0 radical (unpaired) electrons. The first-order chi connectivity index (χ1) is 7.19.